The molecule has 1 saturated carbocycles. The third kappa shape index (κ3) is 3.08. The van der Waals surface area contributed by atoms with Crippen LogP contribution < -0.4 is 10.1 Å². The van der Waals surface area contributed by atoms with E-state index in [2.05, 4.69) is 10.3 Å². The molecule has 0 atom stereocenters. The number of carbonyl (C=O) groups excluding carboxylic acids is 1. The lowest BCUT2D eigenvalue weighted by molar-refractivity contribution is -0.118. The first-order chi connectivity index (χ1) is 12.6. The van der Waals surface area contributed by atoms with Gasteiger partial charge in [0.1, 0.15) is 5.75 Å². The zero-order chi connectivity index (χ0) is 18.1. The number of halogens is 1. The van der Waals surface area contributed by atoms with Gasteiger partial charge >= 0.3 is 0 Å². The standard InChI is InChI=1S/C20H17ClN2O2S/c1-25-14-8-6-13(7-9-14)20(10-11-20)18(24)23-19-22-17(12-26-19)15-4-2-3-5-16(15)21/h2-9,12H,10-11H2,1H3,(H,22,23,24). The molecule has 132 valence electrons. The lowest BCUT2D eigenvalue weighted by atomic mass is 9.95. The number of nitrogens with zero attached hydrogens (tertiary/aromatic N) is 1. The minimum Gasteiger partial charge on any atom is -0.497 e. The van der Waals surface area contributed by atoms with Gasteiger partial charge in [-0.2, -0.15) is 0 Å². The molecule has 6 heteroatoms. The molecule has 2 aromatic carbocycles. The summed E-state index contributed by atoms with van der Waals surface area (Å²) in [5.74, 6) is 0.775. The molecule has 1 N–H and O–H groups in total. The van der Waals surface area contributed by atoms with Crippen LogP contribution in [0.4, 0.5) is 5.13 Å². The van der Waals surface area contributed by atoms with Crippen molar-refractivity contribution in [1.29, 1.82) is 0 Å². The van der Waals surface area contributed by atoms with E-state index in [1.165, 1.54) is 11.3 Å². The third-order valence-electron chi connectivity index (χ3n) is 4.70. The minimum atomic E-state index is -0.456. The zero-order valence-electron chi connectivity index (χ0n) is 14.2. The number of amides is 1. The van der Waals surface area contributed by atoms with Crippen molar-refractivity contribution in [1.82, 2.24) is 4.98 Å². The fraction of sp³-hybridized carbons (Fsp3) is 0.200. The number of hydrogen-bond donors (Lipinski definition) is 1. The van der Waals surface area contributed by atoms with E-state index >= 15 is 0 Å². The lowest BCUT2D eigenvalue weighted by Crippen LogP contribution is -2.27. The molecule has 3 aromatic rings. The van der Waals surface area contributed by atoms with Crippen molar-refractivity contribution < 1.29 is 9.53 Å². The largest absolute Gasteiger partial charge is 0.497 e. The highest BCUT2D eigenvalue weighted by Gasteiger charge is 2.51. The number of anilines is 1. The number of ether oxygens (including phenoxy) is 1. The summed E-state index contributed by atoms with van der Waals surface area (Å²) in [5, 5.41) is 6.12. The number of carbonyl (C=O) groups is 1. The van der Waals surface area contributed by atoms with Gasteiger partial charge in [0.2, 0.25) is 5.91 Å². The van der Waals surface area contributed by atoms with Gasteiger partial charge in [-0.3, -0.25) is 4.79 Å². The fourth-order valence-electron chi connectivity index (χ4n) is 3.02. The molecule has 1 fully saturated rings. The van der Waals surface area contributed by atoms with Crippen molar-refractivity contribution in [2.45, 2.75) is 18.3 Å². The molecule has 0 spiro atoms. The van der Waals surface area contributed by atoms with Gasteiger partial charge in [-0.15, -0.1) is 11.3 Å². The van der Waals surface area contributed by atoms with Crippen molar-refractivity contribution in [2.24, 2.45) is 0 Å². The topological polar surface area (TPSA) is 51.2 Å². The van der Waals surface area contributed by atoms with Crippen molar-refractivity contribution in [2.75, 3.05) is 12.4 Å². The summed E-state index contributed by atoms with van der Waals surface area (Å²) in [6.07, 6.45) is 1.68. The van der Waals surface area contributed by atoms with Crippen molar-refractivity contribution in [3.8, 4) is 17.0 Å². The Morgan fingerprint density at radius 1 is 1.19 bits per heavy atom. The summed E-state index contributed by atoms with van der Waals surface area (Å²) in [6.45, 7) is 0. The van der Waals surface area contributed by atoms with Crippen LogP contribution in [0.1, 0.15) is 18.4 Å². The average molecular weight is 385 g/mol. The van der Waals surface area contributed by atoms with Gasteiger partial charge in [0.25, 0.3) is 0 Å². The van der Waals surface area contributed by atoms with Crippen LogP contribution in [0.5, 0.6) is 5.75 Å². The molecular weight excluding hydrogens is 368 g/mol. The highest BCUT2D eigenvalue weighted by molar-refractivity contribution is 7.14. The monoisotopic (exact) mass is 384 g/mol. The van der Waals surface area contributed by atoms with E-state index in [1.54, 1.807) is 7.11 Å². The maximum absolute atomic E-state index is 12.9. The van der Waals surface area contributed by atoms with Crippen LogP contribution >= 0.6 is 22.9 Å². The Kier molecular flexibility index (Phi) is 4.42. The van der Waals surface area contributed by atoms with Gasteiger partial charge in [0.05, 0.1) is 18.2 Å². The molecule has 26 heavy (non-hydrogen) atoms. The first kappa shape index (κ1) is 17.1. The fourth-order valence-corrected chi connectivity index (χ4v) is 3.96. The molecule has 0 aliphatic heterocycles. The Hall–Kier alpha value is -2.37. The van der Waals surface area contributed by atoms with Crippen LogP contribution in [0, 0.1) is 0 Å². The van der Waals surface area contributed by atoms with E-state index in [-0.39, 0.29) is 5.91 Å². The number of nitrogens with one attached hydrogen (secondary N) is 1. The van der Waals surface area contributed by atoms with Crippen LogP contribution in [0.25, 0.3) is 11.3 Å². The van der Waals surface area contributed by atoms with Gasteiger partial charge in [0, 0.05) is 16.0 Å². The van der Waals surface area contributed by atoms with Gasteiger partial charge in [-0.25, -0.2) is 4.98 Å². The molecule has 1 aliphatic rings. The SMILES string of the molecule is COc1ccc(C2(C(=O)Nc3nc(-c4ccccc4Cl)cs3)CC2)cc1. The van der Waals surface area contributed by atoms with Crippen LogP contribution in [0.2, 0.25) is 5.02 Å². The second kappa shape index (κ2) is 6.74. The smallest absolute Gasteiger partial charge is 0.236 e. The number of thiazole rings is 1. The zero-order valence-corrected chi connectivity index (χ0v) is 15.7. The first-order valence-electron chi connectivity index (χ1n) is 8.29. The lowest BCUT2D eigenvalue weighted by Gasteiger charge is -2.15. The second-order valence-corrected chi connectivity index (χ2v) is 7.55. The molecule has 4 nitrogen and oxygen atoms in total. The van der Waals surface area contributed by atoms with E-state index in [0.717, 1.165) is 35.4 Å². The van der Waals surface area contributed by atoms with Gasteiger partial charge in [-0.05, 0) is 36.6 Å². The molecular formula is C20H17ClN2O2S. The number of benzene rings is 2. The van der Waals surface area contributed by atoms with E-state index in [1.807, 2.05) is 53.9 Å². The quantitative estimate of drug-likeness (QED) is 0.662. The Balaban J connectivity index is 1.52. The number of methoxy groups -OCH3 is 1. The van der Waals surface area contributed by atoms with Crippen molar-refractivity contribution in [3.05, 3.63) is 64.5 Å². The molecule has 1 aliphatic carbocycles. The van der Waals surface area contributed by atoms with Crippen LogP contribution in [0.15, 0.2) is 53.9 Å². The molecule has 0 bridgehead atoms. The molecule has 1 aromatic heterocycles. The predicted octanol–water partition coefficient (Wildman–Crippen LogP) is 5.14. The molecule has 0 radical (unpaired) electrons. The van der Waals surface area contributed by atoms with Crippen molar-refractivity contribution in [3.63, 3.8) is 0 Å². The summed E-state index contributed by atoms with van der Waals surface area (Å²) in [5.41, 5.74) is 2.19. The molecule has 1 amide bonds. The van der Waals surface area contributed by atoms with E-state index in [9.17, 15) is 4.79 Å². The van der Waals surface area contributed by atoms with Gasteiger partial charge in [0.15, 0.2) is 5.13 Å². The Morgan fingerprint density at radius 3 is 2.58 bits per heavy atom. The molecule has 0 saturated heterocycles. The Bertz CT molecular complexity index is 948. The van der Waals surface area contributed by atoms with Crippen LogP contribution in [-0.2, 0) is 10.2 Å². The normalized spacial score (nSPS) is 14.7. The highest BCUT2D eigenvalue weighted by Crippen LogP contribution is 2.49. The second-order valence-electron chi connectivity index (χ2n) is 6.28. The number of aromatic nitrogens is 1. The van der Waals surface area contributed by atoms with Gasteiger partial charge in [-0.1, -0.05) is 41.9 Å². The summed E-state index contributed by atoms with van der Waals surface area (Å²) < 4.78 is 5.19. The maximum atomic E-state index is 12.9. The van der Waals surface area contributed by atoms with Gasteiger partial charge < -0.3 is 10.1 Å². The van der Waals surface area contributed by atoms with E-state index < -0.39 is 5.41 Å². The third-order valence-corrected chi connectivity index (χ3v) is 5.79. The average Bonchev–Trinajstić information content (AvgIpc) is 3.36. The summed E-state index contributed by atoms with van der Waals surface area (Å²) >= 11 is 7.63. The summed E-state index contributed by atoms with van der Waals surface area (Å²) in [4.78, 5) is 17.4. The maximum Gasteiger partial charge on any atom is 0.236 e. The Labute approximate surface area is 160 Å². The molecule has 1 heterocycles. The molecule has 4 rings (SSSR count). The van der Waals surface area contributed by atoms with Crippen LogP contribution in [-0.4, -0.2) is 18.0 Å². The van der Waals surface area contributed by atoms with Crippen molar-refractivity contribution >= 4 is 34.0 Å². The Morgan fingerprint density at radius 2 is 1.92 bits per heavy atom. The highest BCUT2D eigenvalue weighted by atomic mass is 35.5. The summed E-state index contributed by atoms with van der Waals surface area (Å²) in [6, 6.07) is 15.3. The predicted molar refractivity (Wildman–Crippen MR) is 105 cm³/mol. The van der Waals surface area contributed by atoms with Crippen LogP contribution in [0.3, 0.4) is 0 Å². The van der Waals surface area contributed by atoms with E-state index in [4.69, 9.17) is 16.3 Å². The van der Waals surface area contributed by atoms with E-state index in [0.29, 0.717) is 10.2 Å². The number of hydrogen-bond acceptors (Lipinski definition) is 4. The molecule has 0 unspecified atom stereocenters. The number of rotatable bonds is 5. The first-order valence-corrected chi connectivity index (χ1v) is 9.54. The minimum absolute atomic E-state index is 0.0114. The summed E-state index contributed by atoms with van der Waals surface area (Å²) in [7, 11) is 1.63.